The van der Waals surface area contributed by atoms with Gasteiger partial charge in [-0.2, -0.15) is 0 Å². The van der Waals surface area contributed by atoms with E-state index in [-0.39, 0.29) is 17.0 Å². The molecule has 1 aromatic rings. The van der Waals surface area contributed by atoms with E-state index in [9.17, 15) is 9.59 Å². The van der Waals surface area contributed by atoms with Gasteiger partial charge in [-0.05, 0) is 18.1 Å². The summed E-state index contributed by atoms with van der Waals surface area (Å²) in [5.41, 5.74) is 1.72. The van der Waals surface area contributed by atoms with Gasteiger partial charge in [0.2, 0.25) is 0 Å². The summed E-state index contributed by atoms with van der Waals surface area (Å²) < 4.78 is 0. The van der Waals surface area contributed by atoms with Gasteiger partial charge in [-0.1, -0.05) is 45.0 Å². The molecule has 0 unspecified atom stereocenters. The molecule has 0 heterocycles. The van der Waals surface area contributed by atoms with E-state index >= 15 is 0 Å². The molecule has 0 aliphatic rings. The SMILES string of the molecule is CC(=O)Cc1ccc(CC(=O)C(C)(C)C)cc1. The number of carbonyl (C=O) groups excluding carboxylic acids is 2. The molecule has 2 nitrogen and oxygen atoms in total. The van der Waals surface area contributed by atoms with Crippen LogP contribution < -0.4 is 0 Å². The van der Waals surface area contributed by atoms with Crippen LogP contribution >= 0.6 is 0 Å². The maximum absolute atomic E-state index is 11.8. The topological polar surface area (TPSA) is 34.1 Å². The van der Waals surface area contributed by atoms with E-state index in [0.29, 0.717) is 12.8 Å². The molecule has 0 N–H and O–H groups in total. The molecule has 0 bridgehead atoms. The third-order valence-electron chi connectivity index (χ3n) is 2.68. The number of rotatable bonds is 4. The Morgan fingerprint density at radius 2 is 1.35 bits per heavy atom. The van der Waals surface area contributed by atoms with Crippen molar-refractivity contribution in [1.29, 1.82) is 0 Å². The summed E-state index contributed by atoms with van der Waals surface area (Å²) >= 11 is 0. The van der Waals surface area contributed by atoms with Crippen molar-refractivity contribution in [2.45, 2.75) is 40.5 Å². The first-order chi connectivity index (χ1) is 7.79. The van der Waals surface area contributed by atoms with Crippen LogP contribution in [-0.4, -0.2) is 11.6 Å². The Kier molecular flexibility index (Phi) is 4.22. The van der Waals surface area contributed by atoms with Crippen LogP contribution in [0.25, 0.3) is 0 Å². The molecule has 2 heteroatoms. The van der Waals surface area contributed by atoms with Gasteiger partial charge in [-0.3, -0.25) is 9.59 Å². The lowest BCUT2D eigenvalue weighted by atomic mass is 9.87. The number of hydrogen-bond donors (Lipinski definition) is 0. The standard InChI is InChI=1S/C15H20O2/c1-11(16)9-12-5-7-13(8-6-12)10-14(17)15(2,3)4/h5-8H,9-10H2,1-4H3. The van der Waals surface area contributed by atoms with Gasteiger partial charge in [-0.15, -0.1) is 0 Å². The molecule has 0 amide bonds. The lowest BCUT2D eigenvalue weighted by Crippen LogP contribution is -2.22. The quantitative estimate of drug-likeness (QED) is 0.799. The molecule has 0 aliphatic carbocycles. The van der Waals surface area contributed by atoms with Gasteiger partial charge in [0.15, 0.2) is 0 Å². The highest BCUT2D eigenvalue weighted by Crippen LogP contribution is 2.18. The van der Waals surface area contributed by atoms with Crippen molar-refractivity contribution in [3.05, 3.63) is 35.4 Å². The van der Waals surface area contributed by atoms with Gasteiger partial charge in [-0.25, -0.2) is 0 Å². The Labute approximate surface area is 103 Å². The third kappa shape index (κ3) is 4.51. The summed E-state index contributed by atoms with van der Waals surface area (Å²) in [6, 6.07) is 7.71. The largest absolute Gasteiger partial charge is 0.300 e. The highest BCUT2D eigenvalue weighted by atomic mass is 16.1. The highest BCUT2D eigenvalue weighted by molar-refractivity contribution is 5.85. The van der Waals surface area contributed by atoms with E-state index in [4.69, 9.17) is 0 Å². The first-order valence-electron chi connectivity index (χ1n) is 5.89. The molecule has 92 valence electrons. The molecule has 0 aliphatic heterocycles. The zero-order valence-electron chi connectivity index (χ0n) is 11.0. The first kappa shape index (κ1) is 13.6. The minimum Gasteiger partial charge on any atom is -0.300 e. The smallest absolute Gasteiger partial charge is 0.142 e. The van der Waals surface area contributed by atoms with Crippen LogP contribution in [0.4, 0.5) is 0 Å². The highest BCUT2D eigenvalue weighted by Gasteiger charge is 2.20. The summed E-state index contributed by atoms with van der Waals surface area (Å²) in [4.78, 5) is 22.8. The molecule has 0 spiro atoms. The van der Waals surface area contributed by atoms with Crippen LogP contribution in [0.2, 0.25) is 0 Å². The van der Waals surface area contributed by atoms with Gasteiger partial charge in [0.05, 0.1) is 0 Å². The first-order valence-corrected chi connectivity index (χ1v) is 5.89. The maximum atomic E-state index is 11.8. The monoisotopic (exact) mass is 232 g/mol. The van der Waals surface area contributed by atoms with Crippen molar-refractivity contribution in [3.8, 4) is 0 Å². The van der Waals surface area contributed by atoms with Crippen molar-refractivity contribution in [1.82, 2.24) is 0 Å². The molecule has 0 radical (unpaired) electrons. The zero-order chi connectivity index (χ0) is 13.1. The molecule has 0 fully saturated rings. The summed E-state index contributed by atoms with van der Waals surface area (Å²) in [5.74, 6) is 0.389. The molecule has 17 heavy (non-hydrogen) atoms. The second-order valence-corrected chi connectivity index (χ2v) is 5.55. The Balaban J connectivity index is 2.69. The van der Waals surface area contributed by atoms with Crippen LogP contribution in [0, 0.1) is 5.41 Å². The Hall–Kier alpha value is -1.44. The number of hydrogen-bond acceptors (Lipinski definition) is 2. The van der Waals surface area contributed by atoms with Gasteiger partial charge >= 0.3 is 0 Å². The summed E-state index contributed by atoms with van der Waals surface area (Å²) in [7, 11) is 0. The van der Waals surface area contributed by atoms with E-state index in [0.717, 1.165) is 11.1 Å². The van der Waals surface area contributed by atoms with Gasteiger partial charge in [0.25, 0.3) is 0 Å². The normalized spacial score (nSPS) is 11.3. The van der Waals surface area contributed by atoms with E-state index in [1.54, 1.807) is 6.92 Å². The summed E-state index contributed by atoms with van der Waals surface area (Å²) in [6.45, 7) is 7.37. The molecule has 0 saturated carbocycles. The second-order valence-electron chi connectivity index (χ2n) is 5.55. The van der Waals surface area contributed by atoms with Crippen molar-refractivity contribution in [3.63, 3.8) is 0 Å². The fourth-order valence-electron chi connectivity index (χ4n) is 1.51. The Morgan fingerprint density at radius 1 is 0.941 bits per heavy atom. The lowest BCUT2D eigenvalue weighted by Gasteiger charge is -2.16. The predicted molar refractivity (Wildman–Crippen MR) is 69.0 cm³/mol. The number of ketones is 2. The van der Waals surface area contributed by atoms with E-state index in [1.165, 1.54) is 0 Å². The molecule has 0 atom stereocenters. The predicted octanol–water partition coefficient (Wildman–Crippen LogP) is 2.98. The van der Waals surface area contributed by atoms with Crippen LogP contribution in [0.5, 0.6) is 0 Å². The van der Waals surface area contributed by atoms with Crippen molar-refractivity contribution < 1.29 is 9.59 Å². The van der Waals surface area contributed by atoms with Crippen molar-refractivity contribution >= 4 is 11.6 Å². The molecule has 1 rings (SSSR count). The van der Waals surface area contributed by atoms with Crippen molar-refractivity contribution in [2.75, 3.05) is 0 Å². The summed E-state index contributed by atoms with van der Waals surface area (Å²) in [6.07, 6.45) is 0.928. The lowest BCUT2D eigenvalue weighted by molar-refractivity contribution is -0.125. The number of benzene rings is 1. The fraction of sp³-hybridized carbons (Fsp3) is 0.467. The van der Waals surface area contributed by atoms with Crippen molar-refractivity contribution in [2.24, 2.45) is 5.41 Å². The molecule has 0 aromatic heterocycles. The molecule has 0 saturated heterocycles. The molecular weight excluding hydrogens is 212 g/mol. The average Bonchev–Trinajstić information content (AvgIpc) is 2.18. The maximum Gasteiger partial charge on any atom is 0.142 e. The summed E-state index contributed by atoms with van der Waals surface area (Å²) in [5, 5.41) is 0. The zero-order valence-corrected chi connectivity index (χ0v) is 11.0. The number of Topliss-reactive ketones (excluding diaryl/α,β-unsaturated/α-hetero) is 2. The van der Waals surface area contributed by atoms with Gasteiger partial charge in [0.1, 0.15) is 11.6 Å². The van der Waals surface area contributed by atoms with Crippen LogP contribution in [0.3, 0.4) is 0 Å². The van der Waals surface area contributed by atoms with E-state index < -0.39 is 0 Å². The van der Waals surface area contributed by atoms with Crippen LogP contribution in [0.1, 0.15) is 38.8 Å². The Morgan fingerprint density at radius 3 is 1.71 bits per heavy atom. The van der Waals surface area contributed by atoms with Gasteiger partial charge < -0.3 is 0 Å². The van der Waals surface area contributed by atoms with Crippen LogP contribution in [0.15, 0.2) is 24.3 Å². The second kappa shape index (κ2) is 5.26. The fourth-order valence-corrected chi connectivity index (χ4v) is 1.51. The van der Waals surface area contributed by atoms with E-state index in [2.05, 4.69) is 0 Å². The van der Waals surface area contributed by atoms with Gasteiger partial charge in [0, 0.05) is 18.3 Å². The average molecular weight is 232 g/mol. The minimum atomic E-state index is -0.294. The Bertz CT molecular complexity index is 408. The number of carbonyl (C=O) groups is 2. The molecular formula is C15H20O2. The molecule has 1 aromatic carbocycles. The third-order valence-corrected chi connectivity index (χ3v) is 2.68. The van der Waals surface area contributed by atoms with E-state index in [1.807, 2.05) is 45.0 Å². The van der Waals surface area contributed by atoms with Crippen LogP contribution in [-0.2, 0) is 22.4 Å². The minimum absolute atomic E-state index is 0.156.